The Morgan fingerprint density at radius 2 is 0.677 bits per heavy atom. The highest BCUT2D eigenvalue weighted by Crippen LogP contribution is 2.38. The maximum Gasteiger partial charge on any atom is 0.160 e. The molecule has 2 heterocycles. The van der Waals surface area contributed by atoms with E-state index in [4.69, 9.17) is 15.0 Å². The number of fused-ring (bicyclic) bond motifs is 3. The molecule has 0 radical (unpaired) electrons. The molecule has 0 saturated carbocycles. The summed E-state index contributed by atoms with van der Waals surface area (Å²) in [5, 5.41) is 3.59. The van der Waals surface area contributed by atoms with Crippen LogP contribution in [0, 0.1) is 0 Å². The Hall–Kier alpha value is -8.27. The van der Waals surface area contributed by atoms with Crippen LogP contribution in [-0.2, 0) is 0 Å². The number of rotatable bonds is 8. The molecule has 0 saturated heterocycles. The molecule has 0 aliphatic heterocycles. The van der Waals surface area contributed by atoms with E-state index in [0.29, 0.717) is 5.82 Å². The first-order valence-corrected chi connectivity index (χ1v) is 21.0. The minimum absolute atomic E-state index is 0.683. The van der Waals surface area contributed by atoms with Gasteiger partial charge in [0.1, 0.15) is 0 Å². The summed E-state index contributed by atoms with van der Waals surface area (Å²) in [6.45, 7) is 0. The van der Waals surface area contributed by atoms with Crippen LogP contribution in [0.2, 0.25) is 0 Å². The second-order valence-corrected chi connectivity index (χ2v) is 15.6. The molecule has 11 aromatic rings. The van der Waals surface area contributed by atoms with Gasteiger partial charge >= 0.3 is 0 Å². The van der Waals surface area contributed by atoms with Crippen molar-refractivity contribution in [2.24, 2.45) is 0 Å². The zero-order valence-corrected chi connectivity index (χ0v) is 33.9. The van der Waals surface area contributed by atoms with Crippen LogP contribution in [0.5, 0.6) is 0 Å². The van der Waals surface area contributed by atoms with E-state index in [2.05, 4.69) is 224 Å². The van der Waals surface area contributed by atoms with Gasteiger partial charge in [-0.05, 0) is 91.7 Å². The van der Waals surface area contributed by atoms with Crippen LogP contribution >= 0.6 is 0 Å². The van der Waals surface area contributed by atoms with Crippen LogP contribution in [0.25, 0.3) is 111 Å². The van der Waals surface area contributed by atoms with Crippen molar-refractivity contribution in [3.8, 4) is 89.7 Å². The monoisotopic (exact) mass is 789 g/mol. The molecule has 0 unspecified atom stereocenters. The SMILES string of the molecule is c1ccc(-c2cccc(-c3cc(-c4ccc(-c5cccc(-c6cc(-c7ccccc7)c7c(ccc8ccccc87)n6)c5)cc4)nc(-c4cccc(-c5ccccc5)c4)n3)c2)cc1. The topological polar surface area (TPSA) is 38.7 Å². The molecule has 2 aromatic heterocycles. The van der Waals surface area contributed by atoms with E-state index in [0.717, 1.165) is 72.7 Å². The van der Waals surface area contributed by atoms with Crippen molar-refractivity contribution in [1.29, 1.82) is 0 Å². The number of benzene rings is 9. The van der Waals surface area contributed by atoms with Crippen LogP contribution in [-0.4, -0.2) is 15.0 Å². The number of hydrogen-bond acceptors (Lipinski definition) is 3. The summed E-state index contributed by atoms with van der Waals surface area (Å²) in [7, 11) is 0. The van der Waals surface area contributed by atoms with Gasteiger partial charge in [-0.2, -0.15) is 0 Å². The van der Waals surface area contributed by atoms with Gasteiger partial charge in [0.2, 0.25) is 0 Å². The second kappa shape index (κ2) is 16.1. The average Bonchev–Trinajstić information content (AvgIpc) is 3.37. The summed E-state index contributed by atoms with van der Waals surface area (Å²) in [5.41, 5.74) is 16.9. The fraction of sp³-hybridized carbons (Fsp3) is 0. The molecule has 0 aliphatic rings. The van der Waals surface area contributed by atoms with Gasteiger partial charge in [-0.15, -0.1) is 0 Å². The van der Waals surface area contributed by atoms with E-state index in [9.17, 15) is 0 Å². The number of hydrogen-bond donors (Lipinski definition) is 0. The first-order chi connectivity index (χ1) is 30.7. The molecule has 0 amide bonds. The van der Waals surface area contributed by atoms with E-state index in [-0.39, 0.29) is 0 Å². The fourth-order valence-electron chi connectivity index (χ4n) is 8.52. The third-order valence-corrected chi connectivity index (χ3v) is 11.7. The van der Waals surface area contributed by atoms with Crippen molar-refractivity contribution < 1.29 is 0 Å². The summed E-state index contributed by atoms with van der Waals surface area (Å²) in [6, 6.07) is 83.4. The maximum absolute atomic E-state index is 5.27. The summed E-state index contributed by atoms with van der Waals surface area (Å²) in [4.78, 5) is 15.7. The number of pyridine rings is 1. The summed E-state index contributed by atoms with van der Waals surface area (Å²) in [6.07, 6.45) is 0. The quantitative estimate of drug-likeness (QED) is 0.144. The Balaban J connectivity index is 0.978. The minimum atomic E-state index is 0.683. The van der Waals surface area contributed by atoms with Gasteiger partial charge in [0, 0.05) is 27.6 Å². The highest BCUT2D eigenvalue weighted by Gasteiger charge is 2.15. The Labute approximate surface area is 361 Å². The van der Waals surface area contributed by atoms with Crippen molar-refractivity contribution in [2.45, 2.75) is 0 Å². The van der Waals surface area contributed by atoms with Crippen LogP contribution in [0.3, 0.4) is 0 Å². The molecule has 0 bridgehead atoms. The van der Waals surface area contributed by atoms with Crippen LogP contribution in [0.15, 0.2) is 237 Å². The zero-order valence-electron chi connectivity index (χ0n) is 33.9. The summed E-state index contributed by atoms with van der Waals surface area (Å²) in [5.74, 6) is 0.683. The molecular weight excluding hydrogens is 751 g/mol. The molecule has 62 heavy (non-hydrogen) atoms. The summed E-state index contributed by atoms with van der Waals surface area (Å²) >= 11 is 0. The fourth-order valence-corrected chi connectivity index (χ4v) is 8.52. The van der Waals surface area contributed by atoms with E-state index >= 15 is 0 Å². The molecule has 0 aliphatic carbocycles. The van der Waals surface area contributed by atoms with Crippen LogP contribution in [0.4, 0.5) is 0 Å². The lowest BCUT2D eigenvalue weighted by Gasteiger charge is -2.14. The van der Waals surface area contributed by atoms with Crippen LogP contribution in [0.1, 0.15) is 0 Å². The van der Waals surface area contributed by atoms with E-state index < -0.39 is 0 Å². The first-order valence-electron chi connectivity index (χ1n) is 21.0. The van der Waals surface area contributed by atoms with Gasteiger partial charge in [-0.25, -0.2) is 15.0 Å². The van der Waals surface area contributed by atoms with Gasteiger partial charge in [0.15, 0.2) is 5.82 Å². The van der Waals surface area contributed by atoms with Gasteiger partial charge in [-0.1, -0.05) is 200 Å². The Morgan fingerprint density at radius 1 is 0.242 bits per heavy atom. The molecule has 3 heteroatoms. The molecule has 290 valence electrons. The second-order valence-electron chi connectivity index (χ2n) is 15.6. The van der Waals surface area contributed by atoms with E-state index in [1.54, 1.807) is 0 Å². The first kappa shape index (κ1) is 36.8. The molecule has 9 aromatic carbocycles. The van der Waals surface area contributed by atoms with E-state index in [1.807, 2.05) is 12.1 Å². The molecule has 0 fully saturated rings. The number of aromatic nitrogens is 3. The largest absolute Gasteiger partial charge is 0.248 e. The normalized spacial score (nSPS) is 11.2. The molecule has 0 atom stereocenters. The molecular formula is C59H39N3. The van der Waals surface area contributed by atoms with Crippen molar-refractivity contribution >= 4 is 21.7 Å². The van der Waals surface area contributed by atoms with Crippen LogP contribution < -0.4 is 0 Å². The van der Waals surface area contributed by atoms with Crippen molar-refractivity contribution in [3.63, 3.8) is 0 Å². The Morgan fingerprint density at radius 3 is 1.29 bits per heavy atom. The van der Waals surface area contributed by atoms with Crippen molar-refractivity contribution in [2.75, 3.05) is 0 Å². The average molecular weight is 790 g/mol. The zero-order chi connectivity index (χ0) is 41.2. The third kappa shape index (κ3) is 7.23. The predicted octanol–water partition coefficient (Wildman–Crippen LogP) is 15.5. The molecule has 0 N–H and O–H groups in total. The van der Waals surface area contributed by atoms with Gasteiger partial charge in [0.25, 0.3) is 0 Å². The Bertz CT molecular complexity index is 3280. The molecule has 3 nitrogen and oxygen atoms in total. The lowest BCUT2D eigenvalue weighted by Crippen LogP contribution is -1.96. The lowest BCUT2D eigenvalue weighted by molar-refractivity contribution is 1.18. The highest BCUT2D eigenvalue weighted by molar-refractivity contribution is 6.13. The Kier molecular flexibility index (Phi) is 9.53. The maximum atomic E-state index is 5.27. The molecule has 0 spiro atoms. The minimum Gasteiger partial charge on any atom is -0.248 e. The van der Waals surface area contributed by atoms with Crippen molar-refractivity contribution in [3.05, 3.63) is 237 Å². The number of nitrogens with zero attached hydrogens (tertiary/aromatic N) is 3. The summed E-state index contributed by atoms with van der Waals surface area (Å²) < 4.78 is 0. The molecule has 11 rings (SSSR count). The van der Waals surface area contributed by atoms with Gasteiger partial charge < -0.3 is 0 Å². The smallest absolute Gasteiger partial charge is 0.160 e. The van der Waals surface area contributed by atoms with E-state index in [1.165, 1.54) is 32.8 Å². The van der Waals surface area contributed by atoms with Gasteiger partial charge in [-0.3, -0.25) is 0 Å². The lowest BCUT2D eigenvalue weighted by atomic mass is 9.94. The van der Waals surface area contributed by atoms with Crippen molar-refractivity contribution in [1.82, 2.24) is 15.0 Å². The van der Waals surface area contributed by atoms with Gasteiger partial charge in [0.05, 0.1) is 22.6 Å². The standard InChI is InChI=1S/C59H39N3/c1-4-15-40(16-5-1)46-22-12-26-50(35-46)57-39-56(61-59(62-57)51-27-14-24-48(37-51)41-17-6-2-7-18-41)45-31-29-42(30-32-45)47-23-13-25-49(36-47)55-38-53(43-19-8-3-9-20-43)58-52-28-11-10-21-44(52)33-34-54(58)60-55/h1-39H. The predicted molar refractivity (Wildman–Crippen MR) is 258 cm³/mol. The highest BCUT2D eigenvalue weighted by atomic mass is 14.9. The third-order valence-electron chi connectivity index (χ3n) is 11.7.